The molecule has 0 unspecified atom stereocenters. The largest absolute Gasteiger partial charge is 0.390 e. The fourth-order valence-electron chi connectivity index (χ4n) is 5.61. The van der Waals surface area contributed by atoms with Gasteiger partial charge in [-0.2, -0.15) is 0 Å². The first kappa shape index (κ1) is 21.5. The zero-order valence-corrected chi connectivity index (χ0v) is 18.5. The molecule has 2 heterocycles. The number of rotatable bonds is 6. The Labute approximate surface area is 179 Å². The summed E-state index contributed by atoms with van der Waals surface area (Å²) in [6.45, 7) is 11.3. The number of amides is 2. The molecule has 1 N–H and O–H groups in total. The predicted octanol–water partition coefficient (Wildman–Crippen LogP) is 1.98. The van der Waals surface area contributed by atoms with Crippen molar-refractivity contribution in [2.75, 3.05) is 39.3 Å². The molecular formula is C24H35N3O3. The van der Waals surface area contributed by atoms with Gasteiger partial charge < -0.3 is 5.11 Å². The number of imide groups is 1. The second kappa shape index (κ2) is 8.06. The number of aliphatic hydroxyl groups is 1. The summed E-state index contributed by atoms with van der Waals surface area (Å²) >= 11 is 0. The summed E-state index contributed by atoms with van der Waals surface area (Å²) in [4.78, 5) is 32.1. The number of hydrogen-bond donors (Lipinski definition) is 1. The molecule has 2 saturated heterocycles. The molecule has 1 aliphatic carbocycles. The predicted molar refractivity (Wildman–Crippen MR) is 115 cm³/mol. The lowest BCUT2D eigenvalue weighted by Crippen LogP contribution is -2.61. The third kappa shape index (κ3) is 3.70. The first-order chi connectivity index (χ1) is 14.2. The lowest BCUT2D eigenvalue weighted by Gasteiger charge is -2.48. The van der Waals surface area contributed by atoms with Crippen LogP contribution in [0.4, 0.5) is 0 Å². The van der Waals surface area contributed by atoms with Crippen LogP contribution in [0.5, 0.6) is 0 Å². The van der Waals surface area contributed by atoms with E-state index in [1.807, 2.05) is 26.8 Å². The number of carbonyl (C=O) groups is 2. The van der Waals surface area contributed by atoms with Crippen LogP contribution in [-0.2, 0) is 16.1 Å². The van der Waals surface area contributed by atoms with E-state index >= 15 is 0 Å². The molecule has 0 spiro atoms. The van der Waals surface area contributed by atoms with Gasteiger partial charge in [0.2, 0.25) is 11.8 Å². The Balaban J connectivity index is 1.29. The van der Waals surface area contributed by atoms with Crippen molar-refractivity contribution < 1.29 is 14.7 Å². The summed E-state index contributed by atoms with van der Waals surface area (Å²) in [5.41, 5.74) is 0.505. The van der Waals surface area contributed by atoms with Crippen molar-refractivity contribution in [2.24, 2.45) is 16.7 Å². The molecule has 164 valence electrons. The van der Waals surface area contributed by atoms with Crippen molar-refractivity contribution in [3.05, 3.63) is 35.9 Å². The van der Waals surface area contributed by atoms with Gasteiger partial charge >= 0.3 is 0 Å². The van der Waals surface area contributed by atoms with Crippen LogP contribution >= 0.6 is 0 Å². The third-order valence-corrected chi connectivity index (χ3v) is 8.08. The highest BCUT2D eigenvalue weighted by molar-refractivity contribution is 6.03. The zero-order chi connectivity index (χ0) is 21.5. The van der Waals surface area contributed by atoms with Crippen LogP contribution in [0.2, 0.25) is 0 Å². The van der Waals surface area contributed by atoms with Gasteiger partial charge in [0.15, 0.2) is 0 Å². The van der Waals surface area contributed by atoms with Gasteiger partial charge in [-0.05, 0) is 23.8 Å². The van der Waals surface area contributed by atoms with Crippen molar-refractivity contribution in [1.82, 2.24) is 14.7 Å². The van der Waals surface area contributed by atoms with Crippen LogP contribution in [0.15, 0.2) is 30.3 Å². The van der Waals surface area contributed by atoms with Crippen molar-refractivity contribution in [2.45, 2.75) is 46.3 Å². The van der Waals surface area contributed by atoms with E-state index in [9.17, 15) is 14.7 Å². The summed E-state index contributed by atoms with van der Waals surface area (Å²) < 4.78 is 0. The summed E-state index contributed by atoms with van der Waals surface area (Å²) in [5.74, 6) is -0.307. The molecule has 4 rings (SSSR count). The molecular weight excluding hydrogens is 378 g/mol. The third-order valence-electron chi connectivity index (χ3n) is 8.08. The van der Waals surface area contributed by atoms with Crippen LogP contribution in [0.1, 0.15) is 39.2 Å². The Morgan fingerprint density at radius 3 is 2.30 bits per heavy atom. The number of β-amino-alcohol motifs (C(OH)–C–C–N with tert-alkyl or cyclic N) is 1. The average Bonchev–Trinajstić information content (AvgIpc) is 2.91. The lowest BCUT2D eigenvalue weighted by atomic mass is 9.62. The molecule has 6 nitrogen and oxygen atoms in total. The summed E-state index contributed by atoms with van der Waals surface area (Å²) in [7, 11) is 0. The van der Waals surface area contributed by atoms with Crippen LogP contribution in [0, 0.1) is 16.7 Å². The maximum absolute atomic E-state index is 13.1. The van der Waals surface area contributed by atoms with Gasteiger partial charge in [0.1, 0.15) is 0 Å². The molecule has 30 heavy (non-hydrogen) atoms. The van der Waals surface area contributed by atoms with E-state index in [0.717, 1.165) is 45.6 Å². The monoisotopic (exact) mass is 413 g/mol. The summed E-state index contributed by atoms with van der Waals surface area (Å²) in [6.07, 6.45) is 0.817. The molecule has 0 radical (unpaired) electrons. The topological polar surface area (TPSA) is 64.1 Å². The van der Waals surface area contributed by atoms with Crippen LogP contribution in [0.3, 0.4) is 0 Å². The van der Waals surface area contributed by atoms with Gasteiger partial charge in [-0.15, -0.1) is 0 Å². The second-order valence-electron chi connectivity index (χ2n) is 10.1. The van der Waals surface area contributed by atoms with Crippen molar-refractivity contribution in [1.29, 1.82) is 0 Å². The van der Waals surface area contributed by atoms with Gasteiger partial charge in [-0.1, -0.05) is 51.1 Å². The number of piperidine rings is 1. The number of piperazine rings is 1. The number of likely N-dealkylation sites (tertiary alicyclic amines) is 1. The van der Waals surface area contributed by atoms with Gasteiger partial charge in [0.25, 0.3) is 0 Å². The Bertz CT molecular complexity index is 788. The van der Waals surface area contributed by atoms with Gasteiger partial charge in [-0.25, -0.2) is 0 Å². The SMILES string of the molecule is CC1(C)[C@H]2CC[C@]1(C)C(=O)N(C[C@@H](O)CN1CCN(Cc3ccccc3)CC1)C2=O. The molecule has 2 bridgehead atoms. The highest BCUT2D eigenvalue weighted by Gasteiger charge is 2.64. The molecule has 2 aliphatic heterocycles. The van der Waals surface area contributed by atoms with E-state index in [-0.39, 0.29) is 29.7 Å². The number of benzene rings is 1. The number of fused-ring (bicyclic) bond motifs is 2. The smallest absolute Gasteiger partial charge is 0.235 e. The molecule has 3 aliphatic rings. The highest BCUT2D eigenvalue weighted by atomic mass is 16.3. The minimum absolute atomic E-state index is 0.0910. The molecule has 2 amide bonds. The molecule has 3 atom stereocenters. The number of nitrogens with zero attached hydrogens (tertiary/aromatic N) is 3. The number of carbonyl (C=O) groups excluding carboxylic acids is 2. The van der Waals surface area contributed by atoms with Gasteiger partial charge in [0.05, 0.1) is 18.1 Å². The Morgan fingerprint density at radius 1 is 1.00 bits per heavy atom. The second-order valence-corrected chi connectivity index (χ2v) is 10.1. The van der Waals surface area contributed by atoms with Gasteiger partial charge in [0, 0.05) is 45.2 Å². The molecule has 1 aromatic carbocycles. The Morgan fingerprint density at radius 2 is 1.63 bits per heavy atom. The molecule has 1 aromatic rings. The number of hydrogen-bond acceptors (Lipinski definition) is 5. The van der Waals surface area contributed by atoms with Crippen molar-refractivity contribution in [3.63, 3.8) is 0 Å². The number of aliphatic hydroxyl groups excluding tert-OH is 1. The zero-order valence-electron chi connectivity index (χ0n) is 18.5. The van der Waals surface area contributed by atoms with E-state index in [1.165, 1.54) is 10.5 Å². The standard InChI is InChI=1S/C24H35N3O3/c1-23(2)20-9-10-24(23,3)22(30)27(21(20)29)17-19(28)16-26-13-11-25(12-14-26)15-18-7-5-4-6-8-18/h4-8,19-20,28H,9-17H2,1-3H3/t19-,20-,24+/m0/s1. The van der Waals surface area contributed by atoms with E-state index < -0.39 is 11.5 Å². The molecule has 1 saturated carbocycles. The first-order valence-corrected chi connectivity index (χ1v) is 11.2. The van der Waals surface area contributed by atoms with Crippen LogP contribution < -0.4 is 0 Å². The minimum Gasteiger partial charge on any atom is -0.390 e. The molecule has 6 heteroatoms. The Kier molecular flexibility index (Phi) is 5.77. The van der Waals surface area contributed by atoms with Gasteiger partial charge in [-0.3, -0.25) is 24.3 Å². The van der Waals surface area contributed by atoms with E-state index in [1.54, 1.807) is 0 Å². The maximum Gasteiger partial charge on any atom is 0.235 e. The highest BCUT2D eigenvalue weighted by Crippen LogP contribution is 2.60. The van der Waals surface area contributed by atoms with Crippen LogP contribution in [0.25, 0.3) is 0 Å². The first-order valence-electron chi connectivity index (χ1n) is 11.2. The average molecular weight is 414 g/mol. The summed E-state index contributed by atoms with van der Waals surface area (Å²) in [6, 6.07) is 10.5. The van der Waals surface area contributed by atoms with E-state index in [4.69, 9.17) is 0 Å². The quantitative estimate of drug-likeness (QED) is 0.723. The lowest BCUT2D eigenvalue weighted by molar-refractivity contribution is -0.169. The Hall–Kier alpha value is -1.76. The fourth-order valence-corrected chi connectivity index (χ4v) is 5.61. The maximum atomic E-state index is 13.1. The normalized spacial score (nSPS) is 30.7. The van der Waals surface area contributed by atoms with E-state index in [0.29, 0.717) is 6.54 Å². The summed E-state index contributed by atoms with van der Waals surface area (Å²) in [5, 5.41) is 10.7. The van der Waals surface area contributed by atoms with Crippen LogP contribution in [-0.4, -0.2) is 77.0 Å². The van der Waals surface area contributed by atoms with E-state index in [2.05, 4.69) is 34.1 Å². The van der Waals surface area contributed by atoms with Crippen molar-refractivity contribution >= 4 is 11.8 Å². The fraction of sp³-hybridized carbons (Fsp3) is 0.667. The molecule has 3 fully saturated rings. The molecule has 0 aromatic heterocycles. The minimum atomic E-state index is -0.706. The van der Waals surface area contributed by atoms with Crippen molar-refractivity contribution in [3.8, 4) is 0 Å².